The molecule has 1 unspecified atom stereocenters. The van der Waals surface area contributed by atoms with E-state index in [0.717, 1.165) is 19.3 Å². The van der Waals surface area contributed by atoms with Crippen molar-refractivity contribution in [3.8, 4) is 0 Å². The van der Waals surface area contributed by atoms with Gasteiger partial charge in [-0.15, -0.1) is 0 Å². The summed E-state index contributed by atoms with van der Waals surface area (Å²) in [6, 6.07) is 3.40. The SMILES string of the molecule is CCCc1onc(C)c1C(=O)N1CC2(C1)OCCC2CCNC(=O)c1ccncc1. The molecule has 4 heterocycles. The minimum atomic E-state index is -0.299. The van der Waals surface area contributed by atoms with Gasteiger partial charge in [0.25, 0.3) is 11.8 Å². The summed E-state index contributed by atoms with van der Waals surface area (Å²) < 4.78 is 11.4. The van der Waals surface area contributed by atoms with Crippen LogP contribution in [-0.2, 0) is 11.2 Å². The number of carbonyl (C=O) groups excluding carboxylic acids is 2. The second kappa shape index (κ2) is 8.55. The van der Waals surface area contributed by atoms with E-state index in [2.05, 4.69) is 22.4 Å². The average Bonchev–Trinajstić information content (AvgIpc) is 3.31. The van der Waals surface area contributed by atoms with E-state index in [0.29, 0.717) is 61.2 Å². The lowest BCUT2D eigenvalue weighted by molar-refractivity contribution is -0.118. The lowest BCUT2D eigenvalue weighted by Crippen LogP contribution is -2.66. The highest BCUT2D eigenvalue weighted by Crippen LogP contribution is 2.42. The topological polar surface area (TPSA) is 97.6 Å². The highest BCUT2D eigenvalue weighted by Gasteiger charge is 2.54. The summed E-state index contributed by atoms with van der Waals surface area (Å²) >= 11 is 0. The van der Waals surface area contributed by atoms with Crippen molar-refractivity contribution in [2.45, 2.75) is 45.1 Å². The first-order valence-electron chi connectivity index (χ1n) is 10.6. The number of hydrogen-bond donors (Lipinski definition) is 1. The maximum Gasteiger partial charge on any atom is 0.259 e. The number of amides is 2. The Morgan fingerprint density at radius 2 is 2.07 bits per heavy atom. The van der Waals surface area contributed by atoms with Crippen LogP contribution in [0.25, 0.3) is 0 Å². The third-order valence-corrected chi connectivity index (χ3v) is 6.15. The smallest absolute Gasteiger partial charge is 0.259 e. The minimum Gasteiger partial charge on any atom is -0.371 e. The Morgan fingerprint density at radius 1 is 1.30 bits per heavy atom. The number of nitrogens with one attached hydrogen (secondary N) is 1. The molecule has 2 fully saturated rings. The second-order valence-electron chi connectivity index (χ2n) is 8.16. The van der Waals surface area contributed by atoms with Crippen LogP contribution in [0.5, 0.6) is 0 Å². The average molecular weight is 412 g/mol. The van der Waals surface area contributed by atoms with Crippen molar-refractivity contribution >= 4 is 11.8 Å². The molecule has 8 nitrogen and oxygen atoms in total. The zero-order chi connectivity index (χ0) is 21.1. The molecule has 160 valence electrons. The molecule has 2 aliphatic heterocycles. The molecule has 2 saturated heterocycles. The summed E-state index contributed by atoms with van der Waals surface area (Å²) in [7, 11) is 0. The normalized spacial score (nSPS) is 19.7. The van der Waals surface area contributed by atoms with Crippen molar-refractivity contribution in [1.82, 2.24) is 20.4 Å². The third-order valence-electron chi connectivity index (χ3n) is 6.15. The van der Waals surface area contributed by atoms with Crippen molar-refractivity contribution in [2.75, 3.05) is 26.2 Å². The molecule has 2 aliphatic rings. The summed E-state index contributed by atoms with van der Waals surface area (Å²) in [5, 5.41) is 6.96. The number of pyridine rings is 1. The van der Waals surface area contributed by atoms with E-state index in [1.54, 1.807) is 24.5 Å². The quantitative estimate of drug-likeness (QED) is 0.750. The molecule has 1 atom stereocenters. The molecule has 1 spiro atoms. The van der Waals surface area contributed by atoms with E-state index >= 15 is 0 Å². The molecule has 4 rings (SSSR count). The largest absolute Gasteiger partial charge is 0.371 e. The van der Waals surface area contributed by atoms with E-state index in [1.165, 1.54) is 0 Å². The Balaban J connectivity index is 1.32. The first-order chi connectivity index (χ1) is 14.5. The predicted molar refractivity (Wildman–Crippen MR) is 109 cm³/mol. The Labute approximate surface area is 176 Å². The van der Waals surface area contributed by atoms with Crippen LogP contribution < -0.4 is 5.32 Å². The van der Waals surface area contributed by atoms with Crippen LogP contribution in [0.4, 0.5) is 0 Å². The fourth-order valence-corrected chi connectivity index (χ4v) is 4.50. The molecule has 30 heavy (non-hydrogen) atoms. The summed E-state index contributed by atoms with van der Waals surface area (Å²) in [6.07, 6.45) is 6.59. The van der Waals surface area contributed by atoms with Crippen LogP contribution >= 0.6 is 0 Å². The molecule has 2 aromatic heterocycles. The zero-order valence-electron chi connectivity index (χ0n) is 17.5. The van der Waals surface area contributed by atoms with Gasteiger partial charge in [-0.1, -0.05) is 12.1 Å². The molecular weight excluding hydrogens is 384 g/mol. The molecule has 0 aliphatic carbocycles. The molecule has 2 amide bonds. The van der Waals surface area contributed by atoms with Crippen LogP contribution in [0.3, 0.4) is 0 Å². The van der Waals surface area contributed by atoms with Crippen LogP contribution in [0, 0.1) is 12.8 Å². The van der Waals surface area contributed by atoms with Gasteiger partial charge in [0.2, 0.25) is 0 Å². The lowest BCUT2D eigenvalue weighted by atomic mass is 9.78. The van der Waals surface area contributed by atoms with Gasteiger partial charge in [0, 0.05) is 37.5 Å². The number of rotatable bonds is 7. The van der Waals surface area contributed by atoms with Gasteiger partial charge in [0.1, 0.15) is 16.9 Å². The number of nitrogens with zero attached hydrogens (tertiary/aromatic N) is 3. The van der Waals surface area contributed by atoms with Crippen molar-refractivity contribution < 1.29 is 18.8 Å². The first kappa shape index (κ1) is 20.5. The monoisotopic (exact) mass is 412 g/mol. The van der Waals surface area contributed by atoms with Crippen molar-refractivity contribution in [3.63, 3.8) is 0 Å². The third kappa shape index (κ3) is 3.84. The first-order valence-corrected chi connectivity index (χ1v) is 10.6. The zero-order valence-corrected chi connectivity index (χ0v) is 17.5. The Morgan fingerprint density at radius 3 is 2.80 bits per heavy atom. The number of hydrogen-bond acceptors (Lipinski definition) is 6. The number of ether oxygens (including phenoxy) is 1. The van der Waals surface area contributed by atoms with Gasteiger partial charge < -0.3 is 19.5 Å². The fourth-order valence-electron chi connectivity index (χ4n) is 4.50. The summed E-state index contributed by atoms with van der Waals surface area (Å²) in [6.45, 7) is 6.28. The molecule has 2 aromatic rings. The molecular formula is C22H28N4O4. The van der Waals surface area contributed by atoms with Gasteiger partial charge in [0.05, 0.1) is 18.8 Å². The highest BCUT2D eigenvalue weighted by atomic mass is 16.5. The van der Waals surface area contributed by atoms with Gasteiger partial charge in [-0.25, -0.2) is 0 Å². The van der Waals surface area contributed by atoms with Gasteiger partial charge in [0.15, 0.2) is 0 Å². The standard InChI is InChI=1S/C22H28N4O4/c1-3-4-18-19(15(2)25-30-18)21(28)26-13-22(14-26)17(8-12-29-22)7-11-24-20(27)16-5-9-23-10-6-16/h5-6,9-10,17H,3-4,7-8,11-14H2,1-2H3,(H,24,27). The molecule has 0 radical (unpaired) electrons. The Bertz CT molecular complexity index is 905. The molecule has 0 bridgehead atoms. The van der Waals surface area contributed by atoms with Gasteiger partial charge in [-0.2, -0.15) is 0 Å². The van der Waals surface area contributed by atoms with Crippen molar-refractivity contribution in [3.05, 3.63) is 47.1 Å². The van der Waals surface area contributed by atoms with Crippen molar-refractivity contribution in [2.24, 2.45) is 5.92 Å². The minimum absolute atomic E-state index is 0.0249. The summed E-state index contributed by atoms with van der Waals surface area (Å²) in [5.74, 6) is 0.867. The number of aromatic nitrogens is 2. The Kier molecular flexibility index (Phi) is 5.85. The van der Waals surface area contributed by atoms with E-state index < -0.39 is 0 Å². The highest BCUT2D eigenvalue weighted by molar-refractivity contribution is 5.97. The van der Waals surface area contributed by atoms with E-state index in [1.807, 2.05) is 11.8 Å². The maximum absolute atomic E-state index is 13.0. The van der Waals surface area contributed by atoms with Gasteiger partial charge in [-0.3, -0.25) is 14.6 Å². The van der Waals surface area contributed by atoms with Crippen molar-refractivity contribution in [1.29, 1.82) is 0 Å². The molecule has 0 saturated carbocycles. The summed E-state index contributed by atoms with van der Waals surface area (Å²) in [5.41, 5.74) is 1.56. The van der Waals surface area contributed by atoms with Crippen LogP contribution in [-0.4, -0.2) is 58.7 Å². The molecule has 0 aromatic carbocycles. The second-order valence-corrected chi connectivity index (χ2v) is 8.16. The van der Waals surface area contributed by atoms with Gasteiger partial charge >= 0.3 is 0 Å². The van der Waals surface area contributed by atoms with Crippen LogP contribution in [0.1, 0.15) is 58.4 Å². The molecule has 8 heteroatoms. The Hall–Kier alpha value is -2.74. The number of likely N-dealkylation sites (tertiary alicyclic amines) is 1. The van der Waals surface area contributed by atoms with E-state index in [9.17, 15) is 9.59 Å². The number of aryl methyl sites for hydroxylation is 2. The fraction of sp³-hybridized carbons (Fsp3) is 0.545. The van der Waals surface area contributed by atoms with Crippen LogP contribution in [0.15, 0.2) is 29.0 Å². The number of carbonyl (C=O) groups is 2. The van der Waals surface area contributed by atoms with E-state index in [4.69, 9.17) is 9.26 Å². The summed E-state index contributed by atoms with van der Waals surface area (Å²) in [4.78, 5) is 31.0. The molecule has 1 N–H and O–H groups in total. The van der Waals surface area contributed by atoms with Crippen LogP contribution in [0.2, 0.25) is 0 Å². The maximum atomic E-state index is 13.0. The lowest BCUT2D eigenvalue weighted by Gasteiger charge is -2.50. The predicted octanol–water partition coefficient (Wildman–Crippen LogP) is 2.38. The van der Waals surface area contributed by atoms with Gasteiger partial charge in [-0.05, 0) is 44.2 Å². The van der Waals surface area contributed by atoms with E-state index in [-0.39, 0.29) is 17.4 Å².